The predicted molar refractivity (Wildman–Crippen MR) is 141 cm³/mol. The molecule has 0 saturated carbocycles. The first kappa shape index (κ1) is 27.4. The lowest BCUT2D eigenvalue weighted by atomic mass is 10.1. The lowest BCUT2D eigenvalue weighted by Gasteiger charge is -2.14. The quantitative estimate of drug-likeness (QED) is 0.0927. The maximum atomic E-state index is 12.0. The molecule has 0 atom stereocenters. The van der Waals surface area contributed by atoms with Crippen LogP contribution in [0, 0.1) is 6.92 Å². The van der Waals surface area contributed by atoms with E-state index in [4.69, 9.17) is 13.9 Å². The molecule has 1 aromatic heterocycles. The van der Waals surface area contributed by atoms with Crippen LogP contribution in [0.4, 0.5) is 0 Å². The molecule has 7 heteroatoms. The van der Waals surface area contributed by atoms with Crippen molar-refractivity contribution >= 4 is 23.1 Å². The molecule has 1 heterocycles. The molecule has 0 unspecified atom stereocenters. The minimum Gasteiger partial charge on any atom is -0.486 e. The second kappa shape index (κ2) is 15.1. The van der Waals surface area contributed by atoms with Crippen molar-refractivity contribution in [1.82, 2.24) is 5.32 Å². The van der Waals surface area contributed by atoms with Crippen LogP contribution in [0.2, 0.25) is 0 Å². The third-order valence-corrected chi connectivity index (χ3v) is 4.76. The SMILES string of the molecule is C=CCCC(=O)NC(/C=C\CC)=C/C=NCCCOc1c(O/C=C\C)c(C)cc2ccc(=O)oc12. The van der Waals surface area contributed by atoms with Crippen LogP contribution >= 0.6 is 0 Å². The Kier molecular flexibility index (Phi) is 11.8. The molecule has 2 aromatic rings. The topological polar surface area (TPSA) is 90.1 Å². The second-order valence-corrected chi connectivity index (χ2v) is 7.68. The van der Waals surface area contributed by atoms with Gasteiger partial charge in [-0.1, -0.05) is 25.2 Å². The zero-order valence-corrected chi connectivity index (χ0v) is 20.7. The van der Waals surface area contributed by atoms with E-state index in [1.807, 2.05) is 39.0 Å². The highest BCUT2D eigenvalue weighted by Gasteiger charge is 2.16. The Morgan fingerprint density at radius 1 is 1.29 bits per heavy atom. The van der Waals surface area contributed by atoms with E-state index in [9.17, 15) is 9.59 Å². The zero-order valence-electron chi connectivity index (χ0n) is 20.7. The van der Waals surface area contributed by atoms with E-state index >= 15 is 0 Å². The average Bonchev–Trinajstić information content (AvgIpc) is 2.84. The lowest BCUT2D eigenvalue weighted by Crippen LogP contribution is -2.21. The number of carbonyl (C=O) groups excluding carboxylic acids is 1. The molecule has 0 saturated heterocycles. The Morgan fingerprint density at radius 3 is 2.86 bits per heavy atom. The highest BCUT2D eigenvalue weighted by atomic mass is 16.5. The standard InChI is InChI=1S/C28H34N2O5/c1-5-8-11-23(30-24(31)12-9-6-2)15-17-29-16-10-19-34-28-26(33-18-7-3)21(4)20-22-13-14-25(32)35-27(22)28/h6-8,11,13-15,17-18,20H,2,5,9-10,12,16,19H2,1,3-4H3,(H,30,31)/b11-8-,18-7-,23-15+,29-17?. The number of allylic oxidation sites excluding steroid dienone is 5. The molecular weight excluding hydrogens is 444 g/mol. The van der Waals surface area contributed by atoms with E-state index in [0.717, 1.165) is 17.4 Å². The summed E-state index contributed by atoms with van der Waals surface area (Å²) in [6.45, 7) is 10.3. The normalized spacial score (nSPS) is 12.1. The summed E-state index contributed by atoms with van der Waals surface area (Å²) in [5, 5.41) is 3.64. The summed E-state index contributed by atoms with van der Waals surface area (Å²) in [4.78, 5) is 28.2. The number of aryl methyl sites for hydroxylation is 1. The largest absolute Gasteiger partial charge is 0.486 e. The van der Waals surface area contributed by atoms with Gasteiger partial charge in [-0.3, -0.25) is 9.79 Å². The first-order valence-electron chi connectivity index (χ1n) is 11.8. The maximum absolute atomic E-state index is 12.0. The molecule has 0 aliphatic heterocycles. The Bertz CT molecular complexity index is 1170. The molecule has 0 aliphatic rings. The molecule has 1 N–H and O–H groups in total. The van der Waals surface area contributed by atoms with Gasteiger partial charge in [0.1, 0.15) is 0 Å². The number of rotatable bonds is 14. The smallest absolute Gasteiger partial charge is 0.336 e. The number of aliphatic imine (C=N–C) groups is 1. The molecule has 0 radical (unpaired) electrons. The molecule has 1 aromatic carbocycles. The Labute approximate surface area is 206 Å². The van der Waals surface area contributed by atoms with Gasteiger partial charge in [-0.2, -0.15) is 0 Å². The number of nitrogens with zero attached hydrogens (tertiary/aromatic N) is 1. The van der Waals surface area contributed by atoms with Crippen molar-refractivity contribution in [3.05, 3.63) is 83.1 Å². The minimum atomic E-state index is -0.455. The Morgan fingerprint density at radius 2 is 2.11 bits per heavy atom. The molecule has 0 bridgehead atoms. The van der Waals surface area contributed by atoms with Crippen molar-refractivity contribution in [2.45, 2.75) is 46.5 Å². The Hall–Kier alpha value is -3.87. The highest BCUT2D eigenvalue weighted by Crippen LogP contribution is 2.38. The summed E-state index contributed by atoms with van der Waals surface area (Å²) < 4.78 is 17.1. The fourth-order valence-electron chi connectivity index (χ4n) is 3.09. The number of nitrogens with one attached hydrogen (secondary N) is 1. The van der Waals surface area contributed by atoms with Gasteiger partial charge in [0.25, 0.3) is 0 Å². The summed E-state index contributed by atoms with van der Waals surface area (Å²) in [5.74, 6) is 0.844. The summed E-state index contributed by atoms with van der Waals surface area (Å²) >= 11 is 0. The summed E-state index contributed by atoms with van der Waals surface area (Å²) in [6.07, 6.45) is 14.8. The average molecular weight is 479 g/mol. The molecule has 186 valence electrons. The van der Waals surface area contributed by atoms with Gasteiger partial charge in [-0.05, 0) is 56.5 Å². The number of hydrogen-bond donors (Lipinski definition) is 1. The zero-order chi connectivity index (χ0) is 25.5. The lowest BCUT2D eigenvalue weighted by molar-refractivity contribution is -0.120. The molecule has 1 amide bonds. The van der Waals surface area contributed by atoms with Gasteiger partial charge >= 0.3 is 5.63 Å². The van der Waals surface area contributed by atoms with Crippen molar-refractivity contribution in [1.29, 1.82) is 0 Å². The predicted octanol–water partition coefficient (Wildman–Crippen LogP) is 5.79. The van der Waals surface area contributed by atoms with Crippen molar-refractivity contribution in [3.8, 4) is 11.5 Å². The number of benzene rings is 1. The van der Waals surface area contributed by atoms with Crippen molar-refractivity contribution < 1.29 is 18.7 Å². The summed E-state index contributed by atoms with van der Waals surface area (Å²) in [5.41, 5.74) is 1.45. The van der Waals surface area contributed by atoms with Gasteiger partial charge in [0.2, 0.25) is 11.7 Å². The fourth-order valence-corrected chi connectivity index (χ4v) is 3.09. The van der Waals surface area contributed by atoms with E-state index < -0.39 is 5.63 Å². The van der Waals surface area contributed by atoms with Crippen molar-refractivity contribution in [2.75, 3.05) is 13.2 Å². The van der Waals surface area contributed by atoms with Gasteiger partial charge in [0, 0.05) is 42.8 Å². The monoisotopic (exact) mass is 478 g/mol. The van der Waals surface area contributed by atoms with Crippen LogP contribution in [0.1, 0.15) is 45.1 Å². The van der Waals surface area contributed by atoms with Gasteiger partial charge in [0.05, 0.1) is 12.9 Å². The first-order valence-corrected chi connectivity index (χ1v) is 11.8. The molecule has 35 heavy (non-hydrogen) atoms. The molecule has 0 fully saturated rings. The van der Waals surface area contributed by atoms with Gasteiger partial charge < -0.3 is 19.2 Å². The third-order valence-electron chi connectivity index (χ3n) is 4.76. The van der Waals surface area contributed by atoms with E-state index in [1.54, 1.807) is 36.8 Å². The molecule has 0 spiro atoms. The van der Waals surface area contributed by atoms with Crippen LogP contribution in [0.15, 0.2) is 81.3 Å². The molecular formula is C28H34N2O5. The molecule has 0 aliphatic carbocycles. The van der Waals surface area contributed by atoms with Gasteiger partial charge in [0.15, 0.2) is 11.3 Å². The van der Waals surface area contributed by atoms with E-state index in [0.29, 0.717) is 55.2 Å². The number of hydrogen-bond acceptors (Lipinski definition) is 6. The number of fused-ring (bicyclic) bond motifs is 1. The third kappa shape index (κ3) is 9.12. The van der Waals surface area contributed by atoms with Crippen molar-refractivity contribution in [2.24, 2.45) is 4.99 Å². The number of carbonyl (C=O) groups is 1. The van der Waals surface area contributed by atoms with E-state index in [2.05, 4.69) is 16.9 Å². The fraction of sp³-hybridized carbons (Fsp3) is 0.321. The van der Waals surface area contributed by atoms with Crippen LogP contribution in [-0.2, 0) is 4.79 Å². The van der Waals surface area contributed by atoms with E-state index in [-0.39, 0.29) is 5.91 Å². The first-order chi connectivity index (χ1) is 17.0. The van der Waals surface area contributed by atoms with Crippen LogP contribution in [0.3, 0.4) is 0 Å². The number of amides is 1. The highest BCUT2D eigenvalue weighted by molar-refractivity contribution is 5.86. The van der Waals surface area contributed by atoms with Gasteiger partial charge in [-0.15, -0.1) is 6.58 Å². The van der Waals surface area contributed by atoms with Crippen LogP contribution < -0.4 is 20.4 Å². The van der Waals surface area contributed by atoms with Crippen LogP contribution in [0.5, 0.6) is 11.5 Å². The van der Waals surface area contributed by atoms with Crippen LogP contribution in [0.25, 0.3) is 11.0 Å². The number of ether oxygens (including phenoxy) is 2. The van der Waals surface area contributed by atoms with Crippen LogP contribution in [-0.4, -0.2) is 25.3 Å². The second-order valence-electron chi connectivity index (χ2n) is 7.68. The maximum Gasteiger partial charge on any atom is 0.336 e. The molecule has 2 rings (SSSR count). The van der Waals surface area contributed by atoms with Crippen molar-refractivity contribution in [3.63, 3.8) is 0 Å². The van der Waals surface area contributed by atoms with E-state index in [1.165, 1.54) is 6.07 Å². The molecule has 7 nitrogen and oxygen atoms in total. The summed E-state index contributed by atoms with van der Waals surface area (Å²) in [6, 6.07) is 4.98. The Balaban J connectivity index is 2.03. The van der Waals surface area contributed by atoms with Gasteiger partial charge in [-0.25, -0.2) is 4.79 Å². The summed E-state index contributed by atoms with van der Waals surface area (Å²) in [7, 11) is 0. The minimum absolute atomic E-state index is 0.0633.